The number of nitrogens with zero attached hydrogens (tertiary/aromatic N) is 3. The van der Waals surface area contributed by atoms with E-state index in [0.29, 0.717) is 0 Å². The van der Waals surface area contributed by atoms with Gasteiger partial charge in [0.15, 0.2) is 0 Å². The number of benzene rings is 3. The van der Waals surface area contributed by atoms with Crippen LogP contribution in [0.5, 0.6) is 0 Å². The van der Waals surface area contributed by atoms with Crippen molar-refractivity contribution in [3.63, 3.8) is 0 Å². The van der Waals surface area contributed by atoms with Crippen LogP contribution in [0.3, 0.4) is 0 Å². The Kier molecular flexibility index (Phi) is 6.65. The molecule has 0 unspecified atom stereocenters. The number of hydrogen-bond donors (Lipinski definition) is 0. The molecule has 33 heavy (non-hydrogen) atoms. The lowest BCUT2D eigenvalue weighted by Gasteiger charge is -2.35. The van der Waals surface area contributed by atoms with E-state index < -0.39 is 0 Å². The van der Waals surface area contributed by atoms with E-state index in [0.717, 1.165) is 62.5 Å². The molecule has 0 radical (unpaired) electrons. The topological polar surface area (TPSA) is 19.4 Å². The molecule has 0 atom stereocenters. The van der Waals surface area contributed by atoms with E-state index in [-0.39, 0.29) is 17.6 Å². The zero-order valence-electron chi connectivity index (χ0n) is 18.5. The lowest BCUT2D eigenvalue weighted by atomic mass is 9.87. The van der Waals surface area contributed by atoms with Gasteiger partial charge in [-0.2, -0.15) is 4.37 Å². The fourth-order valence-electron chi connectivity index (χ4n) is 4.72. The Morgan fingerprint density at radius 2 is 1.39 bits per heavy atom. The maximum Gasteiger partial charge on any atom is 0.150 e. The number of piperazine rings is 1. The van der Waals surface area contributed by atoms with Crippen molar-refractivity contribution in [2.75, 3.05) is 37.6 Å². The van der Waals surface area contributed by atoms with E-state index in [1.165, 1.54) is 34.4 Å². The molecule has 170 valence electrons. The largest absolute Gasteiger partial charge is 0.353 e. The van der Waals surface area contributed by atoms with Crippen LogP contribution in [0.15, 0.2) is 72.8 Å². The molecule has 1 saturated heterocycles. The van der Waals surface area contributed by atoms with Gasteiger partial charge in [0, 0.05) is 37.5 Å². The van der Waals surface area contributed by atoms with Gasteiger partial charge in [-0.15, -0.1) is 0 Å². The molecule has 3 nitrogen and oxygen atoms in total. The van der Waals surface area contributed by atoms with Crippen LogP contribution in [0.1, 0.15) is 29.9 Å². The summed E-state index contributed by atoms with van der Waals surface area (Å²) in [5.41, 5.74) is 2.14. The first-order chi connectivity index (χ1) is 16.2. The molecule has 1 aromatic heterocycles. The summed E-state index contributed by atoms with van der Waals surface area (Å²) in [6.45, 7) is 5.01. The number of aromatic nitrogens is 1. The van der Waals surface area contributed by atoms with Gasteiger partial charge in [0.1, 0.15) is 17.5 Å². The standard InChI is InChI=1S/C27H27F2N3S/c28-22-11-7-20(8-12-22)24(21-9-13-23(29)14-10-21)5-3-15-31-16-18-32(19-17-31)27-25-4-1-2-6-26(25)33-30-27/h1-2,4,6-14,24H,3,5,15-19H2. The number of fused-ring (bicyclic) bond motifs is 1. The normalized spacial score (nSPS) is 14.9. The van der Waals surface area contributed by atoms with Gasteiger partial charge >= 0.3 is 0 Å². The van der Waals surface area contributed by atoms with Gasteiger partial charge in [0.2, 0.25) is 0 Å². The highest BCUT2D eigenvalue weighted by Crippen LogP contribution is 2.31. The van der Waals surface area contributed by atoms with Crippen molar-refractivity contribution < 1.29 is 8.78 Å². The molecule has 0 saturated carbocycles. The monoisotopic (exact) mass is 463 g/mol. The first-order valence-corrected chi connectivity index (χ1v) is 12.3. The maximum absolute atomic E-state index is 13.5. The van der Waals surface area contributed by atoms with Gasteiger partial charge < -0.3 is 4.90 Å². The third kappa shape index (κ3) is 5.07. The zero-order chi connectivity index (χ0) is 22.6. The van der Waals surface area contributed by atoms with Crippen molar-refractivity contribution in [1.82, 2.24) is 9.27 Å². The average molecular weight is 464 g/mol. The van der Waals surface area contributed by atoms with E-state index >= 15 is 0 Å². The van der Waals surface area contributed by atoms with Crippen molar-refractivity contribution in [1.29, 1.82) is 0 Å². The molecule has 0 spiro atoms. The predicted octanol–water partition coefficient (Wildman–Crippen LogP) is 6.31. The van der Waals surface area contributed by atoms with Crippen LogP contribution in [0.25, 0.3) is 10.1 Å². The molecule has 5 rings (SSSR count). The van der Waals surface area contributed by atoms with Crippen LogP contribution in [0.2, 0.25) is 0 Å². The highest BCUT2D eigenvalue weighted by molar-refractivity contribution is 7.13. The van der Waals surface area contributed by atoms with Crippen molar-refractivity contribution in [3.05, 3.63) is 95.6 Å². The Labute approximate surface area is 197 Å². The molecule has 4 aromatic rings. The molecule has 2 heterocycles. The first kappa shape index (κ1) is 22.0. The molecule has 0 N–H and O–H groups in total. The maximum atomic E-state index is 13.5. The second-order valence-electron chi connectivity index (χ2n) is 8.63. The second-order valence-corrected chi connectivity index (χ2v) is 9.43. The van der Waals surface area contributed by atoms with E-state index in [1.807, 2.05) is 24.3 Å². The lowest BCUT2D eigenvalue weighted by molar-refractivity contribution is 0.251. The minimum atomic E-state index is -0.234. The number of rotatable bonds is 7. The fourth-order valence-corrected chi connectivity index (χ4v) is 5.51. The molecule has 0 aliphatic carbocycles. The minimum absolute atomic E-state index is 0.133. The summed E-state index contributed by atoms with van der Waals surface area (Å²) in [4.78, 5) is 4.91. The molecule has 1 aliphatic rings. The molecular weight excluding hydrogens is 436 g/mol. The summed E-state index contributed by atoms with van der Waals surface area (Å²) >= 11 is 1.57. The van der Waals surface area contributed by atoms with Crippen LogP contribution in [0, 0.1) is 11.6 Å². The van der Waals surface area contributed by atoms with Crippen LogP contribution in [-0.2, 0) is 0 Å². The van der Waals surface area contributed by atoms with Crippen molar-refractivity contribution >= 4 is 27.4 Å². The van der Waals surface area contributed by atoms with Gasteiger partial charge in [-0.3, -0.25) is 4.90 Å². The molecule has 3 aromatic carbocycles. The van der Waals surface area contributed by atoms with Crippen molar-refractivity contribution in [3.8, 4) is 0 Å². The van der Waals surface area contributed by atoms with Crippen molar-refractivity contribution in [2.45, 2.75) is 18.8 Å². The third-order valence-corrected chi connectivity index (χ3v) is 7.36. The highest BCUT2D eigenvalue weighted by Gasteiger charge is 2.21. The van der Waals surface area contributed by atoms with E-state index in [9.17, 15) is 8.78 Å². The SMILES string of the molecule is Fc1ccc(C(CCCN2CCN(c3nsc4ccccc34)CC2)c2ccc(F)cc2)cc1. The quantitative estimate of drug-likeness (QED) is 0.320. The van der Waals surface area contributed by atoms with E-state index in [2.05, 4.69) is 34.1 Å². The minimum Gasteiger partial charge on any atom is -0.353 e. The zero-order valence-corrected chi connectivity index (χ0v) is 19.3. The molecule has 0 bridgehead atoms. The molecule has 6 heteroatoms. The van der Waals surface area contributed by atoms with E-state index in [4.69, 9.17) is 4.37 Å². The first-order valence-electron chi connectivity index (χ1n) is 11.5. The Morgan fingerprint density at radius 1 is 0.788 bits per heavy atom. The highest BCUT2D eigenvalue weighted by atomic mass is 32.1. The summed E-state index contributed by atoms with van der Waals surface area (Å²) in [5.74, 6) is 0.779. The summed E-state index contributed by atoms with van der Waals surface area (Å²) in [6.07, 6.45) is 1.97. The summed E-state index contributed by atoms with van der Waals surface area (Å²) in [6, 6.07) is 21.8. The number of hydrogen-bond acceptors (Lipinski definition) is 4. The van der Waals surface area contributed by atoms with Crippen LogP contribution >= 0.6 is 11.5 Å². The van der Waals surface area contributed by atoms with Crippen LogP contribution in [0.4, 0.5) is 14.6 Å². The molecular formula is C27H27F2N3S. The third-order valence-electron chi connectivity index (χ3n) is 6.54. The Morgan fingerprint density at radius 3 is 2.03 bits per heavy atom. The van der Waals surface area contributed by atoms with Crippen LogP contribution < -0.4 is 4.90 Å². The number of halogens is 2. The lowest BCUT2D eigenvalue weighted by Crippen LogP contribution is -2.46. The fraction of sp³-hybridized carbons (Fsp3) is 0.296. The van der Waals surface area contributed by atoms with Crippen LogP contribution in [-0.4, -0.2) is 42.0 Å². The smallest absolute Gasteiger partial charge is 0.150 e. The van der Waals surface area contributed by atoms with Crippen molar-refractivity contribution in [2.24, 2.45) is 0 Å². The van der Waals surface area contributed by atoms with Gasteiger partial charge in [0.25, 0.3) is 0 Å². The Balaban J connectivity index is 1.19. The van der Waals surface area contributed by atoms with Gasteiger partial charge in [-0.25, -0.2) is 8.78 Å². The Hall–Kier alpha value is -2.83. The summed E-state index contributed by atoms with van der Waals surface area (Å²) in [5, 5.41) is 1.25. The number of anilines is 1. The van der Waals surface area contributed by atoms with E-state index in [1.54, 1.807) is 11.5 Å². The van der Waals surface area contributed by atoms with Gasteiger partial charge in [0.05, 0.1) is 4.70 Å². The average Bonchev–Trinajstić information content (AvgIpc) is 3.28. The molecule has 0 amide bonds. The predicted molar refractivity (Wildman–Crippen MR) is 132 cm³/mol. The summed E-state index contributed by atoms with van der Waals surface area (Å²) in [7, 11) is 0. The molecule has 1 aliphatic heterocycles. The Bertz CT molecular complexity index is 1140. The molecule has 1 fully saturated rings. The van der Waals surface area contributed by atoms with Gasteiger partial charge in [-0.1, -0.05) is 36.4 Å². The van der Waals surface area contributed by atoms with Gasteiger partial charge in [-0.05, 0) is 78.4 Å². The second kappa shape index (κ2) is 9.98. The summed E-state index contributed by atoms with van der Waals surface area (Å²) < 4.78 is 32.9.